The first-order valence-electron chi connectivity index (χ1n) is 8.16. The Morgan fingerprint density at radius 1 is 1.04 bits per heavy atom. The lowest BCUT2D eigenvalue weighted by Crippen LogP contribution is -3.07. The molecule has 0 unspecified atom stereocenters. The topological polar surface area (TPSA) is 47.0 Å². The van der Waals surface area contributed by atoms with Crippen molar-refractivity contribution >= 4 is 23.0 Å². The number of thiocarbonyl (C=S) groups is 1. The van der Waals surface area contributed by atoms with E-state index in [1.54, 1.807) is 14.2 Å². The van der Waals surface area contributed by atoms with Gasteiger partial charge < -0.3 is 25.0 Å². The normalized spacial score (nSPS) is 11.7. The number of likely N-dealkylation sites (N-methyl/N-ethyl adjacent to an activating group) is 1. The van der Waals surface area contributed by atoms with E-state index in [-0.39, 0.29) is 6.04 Å². The summed E-state index contributed by atoms with van der Waals surface area (Å²) >= 11 is 5.41. The van der Waals surface area contributed by atoms with Gasteiger partial charge in [-0.25, -0.2) is 0 Å². The summed E-state index contributed by atoms with van der Waals surface area (Å²) in [5.41, 5.74) is 2.13. The van der Waals surface area contributed by atoms with Crippen LogP contribution >= 0.6 is 12.2 Å². The second-order valence-corrected chi connectivity index (χ2v) is 6.38. The zero-order valence-electron chi connectivity index (χ0n) is 15.1. The van der Waals surface area contributed by atoms with E-state index in [0.29, 0.717) is 5.11 Å². The molecule has 2 aromatic carbocycles. The van der Waals surface area contributed by atoms with Gasteiger partial charge in [0.05, 0.1) is 34.9 Å². The number of methoxy groups -OCH3 is 2. The summed E-state index contributed by atoms with van der Waals surface area (Å²) in [6, 6.07) is 16.1. The molecule has 0 radical (unpaired) electrons. The maximum Gasteiger partial charge on any atom is 0.171 e. The van der Waals surface area contributed by atoms with Gasteiger partial charge >= 0.3 is 0 Å². The largest absolute Gasteiger partial charge is 0.497 e. The SMILES string of the molecule is COc1ccc(NC(=S)NC[C@@H](c2cccc(OC)c2)[NH+](C)C)cc1. The molecule has 6 heteroatoms. The fourth-order valence-corrected chi connectivity index (χ4v) is 2.76. The molecular weight excluding hydrogens is 334 g/mol. The smallest absolute Gasteiger partial charge is 0.171 e. The van der Waals surface area contributed by atoms with Gasteiger partial charge in [0.2, 0.25) is 0 Å². The third-order valence-electron chi connectivity index (χ3n) is 4.01. The van der Waals surface area contributed by atoms with Crippen molar-refractivity contribution in [3.63, 3.8) is 0 Å². The highest BCUT2D eigenvalue weighted by Crippen LogP contribution is 2.17. The van der Waals surface area contributed by atoms with Crippen molar-refractivity contribution in [2.24, 2.45) is 0 Å². The predicted octanol–water partition coefficient (Wildman–Crippen LogP) is 1.88. The summed E-state index contributed by atoms with van der Waals surface area (Å²) in [5, 5.41) is 7.09. The van der Waals surface area contributed by atoms with Crippen LogP contribution in [0, 0.1) is 0 Å². The summed E-state index contributed by atoms with van der Waals surface area (Å²) in [7, 11) is 7.59. The number of benzene rings is 2. The molecule has 5 nitrogen and oxygen atoms in total. The minimum atomic E-state index is 0.255. The van der Waals surface area contributed by atoms with Crippen LogP contribution in [0.2, 0.25) is 0 Å². The standard InChI is InChI=1S/C19H25N3O2S/c1-22(2)18(14-6-5-7-17(12-14)24-4)13-20-19(25)21-15-8-10-16(23-3)11-9-15/h5-12,18H,13H2,1-4H3,(H2,20,21,25)/p+1/t18-/m0/s1. The van der Waals surface area contributed by atoms with Gasteiger partial charge in [0.15, 0.2) is 5.11 Å². The van der Waals surface area contributed by atoms with Gasteiger partial charge in [0.25, 0.3) is 0 Å². The Morgan fingerprint density at radius 2 is 1.72 bits per heavy atom. The first kappa shape index (κ1) is 19.0. The van der Waals surface area contributed by atoms with Crippen molar-refractivity contribution < 1.29 is 14.4 Å². The first-order valence-corrected chi connectivity index (χ1v) is 8.57. The van der Waals surface area contributed by atoms with Crippen LogP contribution in [0.1, 0.15) is 11.6 Å². The molecule has 0 aliphatic heterocycles. The number of hydrogen-bond acceptors (Lipinski definition) is 3. The van der Waals surface area contributed by atoms with Crippen LogP contribution in [0.25, 0.3) is 0 Å². The zero-order chi connectivity index (χ0) is 18.2. The number of quaternary nitrogens is 1. The van der Waals surface area contributed by atoms with E-state index in [0.717, 1.165) is 23.7 Å². The second kappa shape index (κ2) is 9.25. The van der Waals surface area contributed by atoms with E-state index >= 15 is 0 Å². The number of rotatable bonds is 7. The Balaban J connectivity index is 1.96. The maximum atomic E-state index is 5.41. The third-order valence-corrected chi connectivity index (χ3v) is 4.25. The Morgan fingerprint density at radius 3 is 2.32 bits per heavy atom. The van der Waals surface area contributed by atoms with Gasteiger partial charge in [-0.2, -0.15) is 0 Å². The van der Waals surface area contributed by atoms with Gasteiger partial charge in [-0.1, -0.05) is 12.1 Å². The molecule has 134 valence electrons. The fourth-order valence-electron chi connectivity index (χ4n) is 2.56. The predicted molar refractivity (Wildman–Crippen MR) is 106 cm³/mol. The van der Waals surface area contributed by atoms with Crippen LogP contribution in [0.15, 0.2) is 48.5 Å². The number of hydrogen-bond donors (Lipinski definition) is 3. The molecule has 0 aliphatic rings. The summed E-state index contributed by atoms with van der Waals surface area (Å²) in [6.07, 6.45) is 0. The first-order chi connectivity index (χ1) is 12.0. The Hall–Kier alpha value is -2.31. The molecule has 0 bridgehead atoms. The van der Waals surface area contributed by atoms with Crippen molar-refractivity contribution in [2.75, 3.05) is 40.2 Å². The van der Waals surface area contributed by atoms with E-state index in [2.05, 4.69) is 36.9 Å². The monoisotopic (exact) mass is 360 g/mol. The minimum Gasteiger partial charge on any atom is -0.497 e. The minimum absolute atomic E-state index is 0.255. The molecule has 0 saturated carbocycles. The molecule has 0 fully saturated rings. The lowest BCUT2D eigenvalue weighted by atomic mass is 10.1. The van der Waals surface area contributed by atoms with E-state index in [9.17, 15) is 0 Å². The van der Waals surface area contributed by atoms with Gasteiger partial charge in [0, 0.05) is 11.3 Å². The maximum absolute atomic E-state index is 5.41. The van der Waals surface area contributed by atoms with Crippen molar-refractivity contribution in [3.05, 3.63) is 54.1 Å². The Kier molecular flexibility index (Phi) is 7.03. The van der Waals surface area contributed by atoms with E-state index in [1.807, 2.05) is 36.4 Å². The van der Waals surface area contributed by atoms with E-state index in [4.69, 9.17) is 21.7 Å². The van der Waals surface area contributed by atoms with Crippen LogP contribution in [0.5, 0.6) is 11.5 Å². The summed E-state index contributed by atoms with van der Waals surface area (Å²) < 4.78 is 10.5. The third kappa shape index (κ3) is 5.62. The molecule has 0 aliphatic carbocycles. The molecule has 0 spiro atoms. The van der Waals surface area contributed by atoms with Crippen molar-refractivity contribution in [1.29, 1.82) is 0 Å². The van der Waals surface area contributed by atoms with Crippen molar-refractivity contribution in [1.82, 2.24) is 5.32 Å². The highest BCUT2D eigenvalue weighted by molar-refractivity contribution is 7.80. The lowest BCUT2D eigenvalue weighted by Gasteiger charge is -2.23. The quantitative estimate of drug-likeness (QED) is 0.658. The number of anilines is 1. The molecular formula is C19H26N3O2S+. The zero-order valence-corrected chi connectivity index (χ0v) is 15.9. The van der Waals surface area contributed by atoms with Gasteiger partial charge in [-0.3, -0.25) is 0 Å². The molecule has 25 heavy (non-hydrogen) atoms. The molecule has 0 saturated heterocycles. The van der Waals surface area contributed by atoms with Crippen LogP contribution in [-0.2, 0) is 0 Å². The van der Waals surface area contributed by atoms with Crippen molar-refractivity contribution in [2.45, 2.75) is 6.04 Å². The average molecular weight is 361 g/mol. The van der Waals surface area contributed by atoms with Gasteiger partial charge in [-0.05, 0) is 48.6 Å². The second-order valence-electron chi connectivity index (χ2n) is 5.97. The molecule has 1 atom stereocenters. The molecule has 2 rings (SSSR count). The van der Waals surface area contributed by atoms with Crippen LogP contribution < -0.4 is 25.0 Å². The number of nitrogens with one attached hydrogen (secondary N) is 3. The summed E-state index contributed by atoms with van der Waals surface area (Å²) in [6.45, 7) is 0.720. The van der Waals surface area contributed by atoms with Gasteiger partial charge in [-0.15, -0.1) is 0 Å². The van der Waals surface area contributed by atoms with E-state index < -0.39 is 0 Å². The number of ether oxygens (including phenoxy) is 2. The highest BCUT2D eigenvalue weighted by Gasteiger charge is 2.18. The summed E-state index contributed by atoms with van der Waals surface area (Å²) in [5.74, 6) is 1.68. The van der Waals surface area contributed by atoms with Crippen LogP contribution in [0.3, 0.4) is 0 Å². The van der Waals surface area contributed by atoms with Crippen LogP contribution in [-0.4, -0.2) is 40.0 Å². The summed E-state index contributed by atoms with van der Waals surface area (Å²) in [4.78, 5) is 1.31. The highest BCUT2D eigenvalue weighted by atomic mass is 32.1. The molecule has 0 amide bonds. The van der Waals surface area contributed by atoms with Crippen molar-refractivity contribution in [3.8, 4) is 11.5 Å². The molecule has 2 aromatic rings. The molecule has 3 N–H and O–H groups in total. The Labute approximate surface area is 154 Å². The average Bonchev–Trinajstić information content (AvgIpc) is 2.62. The van der Waals surface area contributed by atoms with Gasteiger partial charge in [0.1, 0.15) is 17.5 Å². The molecule has 0 aromatic heterocycles. The van der Waals surface area contributed by atoms with Crippen LogP contribution in [0.4, 0.5) is 5.69 Å². The molecule has 0 heterocycles. The Bertz CT molecular complexity index is 689. The van der Waals surface area contributed by atoms with E-state index in [1.165, 1.54) is 10.5 Å². The fraction of sp³-hybridized carbons (Fsp3) is 0.316. The lowest BCUT2D eigenvalue weighted by molar-refractivity contribution is -0.890.